The Balaban J connectivity index is 1.76. The second-order valence-corrected chi connectivity index (χ2v) is 8.31. The molecule has 1 saturated heterocycles. The van der Waals surface area contributed by atoms with Crippen LogP contribution in [0.2, 0.25) is 0 Å². The Morgan fingerprint density at radius 1 is 1.19 bits per heavy atom. The molecule has 0 spiro atoms. The molecule has 0 bridgehead atoms. The highest BCUT2D eigenvalue weighted by molar-refractivity contribution is 7.89. The molecular formula is C18H22N2O5S. The van der Waals surface area contributed by atoms with Gasteiger partial charge in [0.1, 0.15) is 5.76 Å². The van der Waals surface area contributed by atoms with Crippen molar-refractivity contribution in [3.8, 4) is 0 Å². The molecule has 26 heavy (non-hydrogen) atoms. The van der Waals surface area contributed by atoms with Gasteiger partial charge in [0.05, 0.1) is 29.9 Å². The molecule has 140 valence electrons. The summed E-state index contributed by atoms with van der Waals surface area (Å²) in [5.41, 5.74) is 0.284. The van der Waals surface area contributed by atoms with Gasteiger partial charge >= 0.3 is 0 Å². The van der Waals surface area contributed by atoms with Gasteiger partial charge in [0.25, 0.3) is 5.91 Å². The summed E-state index contributed by atoms with van der Waals surface area (Å²) in [4.78, 5) is 12.4. The quantitative estimate of drug-likeness (QED) is 0.860. The van der Waals surface area contributed by atoms with Crippen LogP contribution in [0.15, 0.2) is 52.0 Å². The summed E-state index contributed by atoms with van der Waals surface area (Å²) in [5, 5.41) is 2.71. The minimum Gasteiger partial charge on any atom is -0.467 e. The first-order chi connectivity index (χ1) is 12.4. The molecule has 0 radical (unpaired) electrons. The van der Waals surface area contributed by atoms with Crippen LogP contribution in [0.3, 0.4) is 0 Å². The Labute approximate surface area is 153 Å². The van der Waals surface area contributed by atoms with Crippen molar-refractivity contribution < 1.29 is 22.4 Å². The molecule has 1 N–H and O–H groups in total. The molecule has 3 rings (SSSR count). The first-order valence-electron chi connectivity index (χ1n) is 8.42. The molecule has 2 heterocycles. The Kier molecular flexibility index (Phi) is 5.45. The molecule has 1 amide bonds. The van der Waals surface area contributed by atoms with E-state index in [0.717, 1.165) is 0 Å². The highest BCUT2D eigenvalue weighted by Gasteiger charge is 2.32. The van der Waals surface area contributed by atoms with Crippen molar-refractivity contribution in [3.63, 3.8) is 0 Å². The molecule has 0 saturated carbocycles. The number of carbonyl (C=O) groups is 1. The number of hydrogen-bond acceptors (Lipinski definition) is 5. The minimum atomic E-state index is -3.69. The van der Waals surface area contributed by atoms with Crippen molar-refractivity contribution in [1.82, 2.24) is 9.62 Å². The molecule has 2 aromatic rings. The van der Waals surface area contributed by atoms with E-state index in [2.05, 4.69) is 5.32 Å². The molecular weight excluding hydrogens is 356 g/mol. The van der Waals surface area contributed by atoms with E-state index in [-0.39, 0.29) is 35.1 Å². The average Bonchev–Trinajstić information content (AvgIpc) is 3.12. The van der Waals surface area contributed by atoms with Crippen molar-refractivity contribution in [3.05, 3.63) is 54.0 Å². The van der Waals surface area contributed by atoms with Crippen molar-refractivity contribution in [2.24, 2.45) is 0 Å². The van der Waals surface area contributed by atoms with E-state index in [0.29, 0.717) is 18.8 Å². The van der Waals surface area contributed by atoms with Crippen molar-refractivity contribution in [1.29, 1.82) is 0 Å². The Morgan fingerprint density at radius 3 is 2.58 bits per heavy atom. The van der Waals surface area contributed by atoms with E-state index in [1.165, 1.54) is 22.7 Å². The standard InChI is InChI=1S/C18H22N2O5S/c1-13-11-20(12-14(2)25-13)26(22,23)17-7-3-5-15(9-17)18(21)19-10-16-6-4-8-24-16/h3-9,13-14H,10-12H2,1-2H3,(H,19,21)/t13-,14+. The Morgan fingerprint density at radius 2 is 1.92 bits per heavy atom. The van der Waals surface area contributed by atoms with Gasteiger partial charge in [-0.3, -0.25) is 4.79 Å². The summed E-state index contributed by atoms with van der Waals surface area (Å²) in [6, 6.07) is 9.55. The zero-order valence-electron chi connectivity index (χ0n) is 14.7. The predicted octanol–water partition coefficient (Wildman–Crippen LogP) is 2.01. The van der Waals surface area contributed by atoms with Gasteiger partial charge in [-0.25, -0.2) is 8.42 Å². The van der Waals surface area contributed by atoms with Gasteiger partial charge in [-0.05, 0) is 44.2 Å². The molecule has 7 nitrogen and oxygen atoms in total. The van der Waals surface area contributed by atoms with Gasteiger partial charge in [0.15, 0.2) is 0 Å². The monoisotopic (exact) mass is 378 g/mol. The number of furan rings is 1. The molecule has 0 aliphatic carbocycles. The third-order valence-electron chi connectivity index (χ3n) is 4.12. The molecule has 0 unspecified atom stereocenters. The van der Waals surface area contributed by atoms with Gasteiger partial charge in [0.2, 0.25) is 10.0 Å². The van der Waals surface area contributed by atoms with Gasteiger partial charge in [-0.2, -0.15) is 4.31 Å². The summed E-state index contributed by atoms with van der Waals surface area (Å²) in [6.45, 7) is 4.51. The summed E-state index contributed by atoms with van der Waals surface area (Å²) >= 11 is 0. The number of benzene rings is 1. The number of nitrogens with one attached hydrogen (secondary N) is 1. The molecule has 1 aliphatic rings. The van der Waals surface area contributed by atoms with E-state index in [4.69, 9.17) is 9.15 Å². The highest BCUT2D eigenvalue weighted by Crippen LogP contribution is 2.22. The maximum atomic E-state index is 12.9. The average molecular weight is 378 g/mol. The van der Waals surface area contributed by atoms with E-state index in [1.807, 2.05) is 13.8 Å². The van der Waals surface area contributed by atoms with Crippen LogP contribution in [0.1, 0.15) is 30.0 Å². The Hall–Kier alpha value is -2.16. The number of ether oxygens (including phenoxy) is 1. The van der Waals surface area contributed by atoms with E-state index in [1.54, 1.807) is 24.3 Å². The largest absolute Gasteiger partial charge is 0.467 e. The number of hydrogen-bond donors (Lipinski definition) is 1. The van der Waals surface area contributed by atoms with Crippen LogP contribution >= 0.6 is 0 Å². The van der Waals surface area contributed by atoms with Gasteiger partial charge < -0.3 is 14.5 Å². The lowest BCUT2D eigenvalue weighted by molar-refractivity contribution is -0.0440. The van der Waals surface area contributed by atoms with Crippen LogP contribution in [-0.2, 0) is 21.3 Å². The highest BCUT2D eigenvalue weighted by atomic mass is 32.2. The molecule has 2 atom stereocenters. The second kappa shape index (κ2) is 7.61. The van der Waals surface area contributed by atoms with Crippen LogP contribution in [0.4, 0.5) is 0 Å². The van der Waals surface area contributed by atoms with E-state index >= 15 is 0 Å². The fourth-order valence-corrected chi connectivity index (χ4v) is 4.59. The fourth-order valence-electron chi connectivity index (χ4n) is 2.96. The SMILES string of the molecule is C[C@@H]1CN(S(=O)(=O)c2cccc(C(=O)NCc3ccco3)c2)C[C@H](C)O1. The molecule has 8 heteroatoms. The van der Waals surface area contributed by atoms with E-state index in [9.17, 15) is 13.2 Å². The number of rotatable bonds is 5. The maximum Gasteiger partial charge on any atom is 0.251 e. The van der Waals surface area contributed by atoms with Crippen LogP contribution in [0, 0.1) is 0 Å². The summed E-state index contributed by atoms with van der Waals surface area (Å²) in [5.74, 6) is 0.264. The van der Waals surface area contributed by atoms with Crippen LogP contribution < -0.4 is 5.32 Å². The lowest BCUT2D eigenvalue weighted by atomic mass is 10.2. The fraction of sp³-hybridized carbons (Fsp3) is 0.389. The Bertz CT molecular complexity index is 853. The van der Waals surface area contributed by atoms with E-state index < -0.39 is 10.0 Å². The third-order valence-corrected chi connectivity index (χ3v) is 5.95. The van der Waals surface area contributed by atoms with Crippen molar-refractivity contribution in [2.75, 3.05) is 13.1 Å². The van der Waals surface area contributed by atoms with Crippen LogP contribution in [0.25, 0.3) is 0 Å². The topological polar surface area (TPSA) is 88.9 Å². The summed E-state index contributed by atoms with van der Waals surface area (Å²) < 4.78 is 38.0. The first kappa shape index (κ1) is 18.6. The third kappa shape index (κ3) is 4.14. The smallest absolute Gasteiger partial charge is 0.251 e. The lowest BCUT2D eigenvalue weighted by Gasteiger charge is -2.34. The van der Waals surface area contributed by atoms with Gasteiger partial charge in [-0.15, -0.1) is 0 Å². The van der Waals surface area contributed by atoms with Gasteiger partial charge in [-0.1, -0.05) is 6.07 Å². The number of carbonyl (C=O) groups excluding carboxylic acids is 1. The summed E-state index contributed by atoms with van der Waals surface area (Å²) in [7, 11) is -3.69. The molecule has 1 aromatic heterocycles. The predicted molar refractivity (Wildman–Crippen MR) is 95.1 cm³/mol. The first-order valence-corrected chi connectivity index (χ1v) is 9.86. The van der Waals surface area contributed by atoms with Gasteiger partial charge in [0, 0.05) is 18.7 Å². The zero-order chi connectivity index (χ0) is 18.7. The van der Waals surface area contributed by atoms with Crippen LogP contribution in [0.5, 0.6) is 0 Å². The molecule has 1 aliphatic heterocycles. The van der Waals surface area contributed by atoms with Crippen molar-refractivity contribution >= 4 is 15.9 Å². The summed E-state index contributed by atoms with van der Waals surface area (Å²) in [6.07, 6.45) is 1.18. The number of nitrogens with zero attached hydrogens (tertiary/aromatic N) is 1. The zero-order valence-corrected chi connectivity index (χ0v) is 15.5. The lowest BCUT2D eigenvalue weighted by Crippen LogP contribution is -2.48. The minimum absolute atomic E-state index is 0.101. The van der Waals surface area contributed by atoms with Crippen molar-refractivity contribution in [2.45, 2.75) is 37.5 Å². The second-order valence-electron chi connectivity index (χ2n) is 6.37. The van der Waals surface area contributed by atoms with Crippen LogP contribution in [-0.4, -0.2) is 43.9 Å². The number of sulfonamides is 1. The maximum absolute atomic E-state index is 12.9. The molecule has 1 aromatic carbocycles. The number of amides is 1. The molecule has 1 fully saturated rings. The normalized spacial score (nSPS) is 21.5. The number of morpholine rings is 1.